The number of fused-ring (bicyclic) bond motifs is 1. The van der Waals surface area contributed by atoms with Gasteiger partial charge in [-0.05, 0) is 52.7 Å². The molecule has 1 aromatic heterocycles. The number of benzene rings is 1. The van der Waals surface area contributed by atoms with Crippen molar-refractivity contribution in [3.63, 3.8) is 0 Å². The van der Waals surface area contributed by atoms with Crippen molar-refractivity contribution in [3.05, 3.63) is 29.5 Å². The Morgan fingerprint density at radius 1 is 1.06 bits per heavy atom. The van der Waals surface area contributed by atoms with Gasteiger partial charge in [0.1, 0.15) is 5.60 Å². The van der Waals surface area contributed by atoms with Crippen LogP contribution in [0.2, 0.25) is 0 Å². The summed E-state index contributed by atoms with van der Waals surface area (Å²) in [5, 5.41) is 8.45. The highest BCUT2D eigenvalue weighted by Gasteiger charge is 2.15. The number of nitrogens with zero attached hydrogens (tertiary/aromatic N) is 2. The van der Waals surface area contributed by atoms with Gasteiger partial charge >= 0.3 is 6.09 Å². The van der Waals surface area contributed by atoms with E-state index < -0.39 is 11.5 Å². The first kappa shape index (κ1) is 26.5. The van der Waals surface area contributed by atoms with E-state index >= 15 is 0 Å². The molecular weight excluding hydrogens is 392 g/mol. The molecule has 2 rings (SSSR count). The number of unbranched alkanes of at least 4 members (excludes halogenated alkanes) is 5. The lowest BCUT2D eigenvalue weighted by atomic mass is 10.1. The number of aryl methyl sites for hydroxylation is 2. The van der Waals surface area contributed by atoms with Crippen molar-refractivity contribution >= 4 is 22.9 Å². The Hall–Kier alpha value is -2.57. The molecule has 0 saturated carbocycles. The van der Waals surface area contributed by atoms with Gasteiger partial charge in [-0.3, -0.25) is 9.48 Å². The number of nitrogens with one attached hydrogen (secondary N) is 1. The number of primary amides is 1. The molecule has 0 aliphatic heterocycles. The molecule has 0 unspecified atom stereocenters. The van der Waals surface area contributed by atoms with Gasteiger partial charge in [-0.2, -0.15) is 5.10 Å². The van der Waals surface area contributed by atoms with Crippen LogP contribution in [0.15, 0.2) is 18.2 Å². The van der Waals surface area contributed by atoms with Crippen LogP contribution in [-0.4, -0.2) is 33.9 Å². The maximum absolute atomic E-state index is 11.6. The highest BCUT2D eigenvalue weighted by molar-refractivity contribution is 5.97. The number of hydrogen-bond donors (Lipinski definition) is 2. The number of hydrogen-bond acceptors (Lipinski definition) is 4. The quantitative estimate of drug-likeness (QED) is 0.495. The number of ether oxygens (including phenoxy) is 1. The molecule has 7 nitrogen and oxygen atoms in total. The number of aromatic nitrogens is 2. The molecule has 1 heterocycles. The van der Waals surface area contributed by atoms with Crippen molar-refractivity contribution < 1.29 is 14.3 Å². The second-order valence-corrected chi connectivity index (χ2v) is 8.45. The van der Waals surface area contributed by atoms with E-state index in [2.05, 4.69) is 10.4 Å². The van der Waals surface area contributed by atoms with Crippen LogP contribution in [0.3, 0.4) is 0 Å². The standard InChI is InChI=1S/C22H34N4O3.C2H6/c1-16-18-12-11-17(20(23)27)15-19(18)26(25-16)14-10-8-6-5-7-9-13-24-21(28)29-22(2,3)4;1-2/h11-12,15H,5-10,13-14H2,1-4H3,(H2,23,27)(H,24,28);1-2H3. The molecule has 174 valence electrons. The first-order valence-electron chi connectivity index (χ1n) is 11.4. The summed E-state index contributed by atoms with van der Waals surface area (Å²) in [6, 6.07) is 5.50. The Kier molecular flexibility index (Phi) is 11.1. The molecule has 1 aromatic carbocycles. The Labute approximate surface area is 186 Å². The summed E-state index contributed by atoms with van der Waals surface area (Å²) in [5.41, 5.74) is 7.39. The van der Waals surface area contributed by atoms with Gasteiger partial charge in [0, 0.05) is 24.0 Å². The van der Waals surface area contributed by atoms with Gasteiger partial charge in [-0.25, -0.2) is 4.79 Å². The minimum absolute atomic E-state index is 0.348. The van der Waals surface area contributed by atoms with Crippen LogP contribution in [0.25, 0.3) is 10.9 Å². The average molecular weight is 433 g/mol. The molecule has 31 heavy (non-hydrogen) atoms. The fourth-order valence-corrected chi connectivity index (χ4v) is 3.26. The summed E-state index contributed by atoms with van der Waals surface area (Å²) in [6.45, 7) is 13.0. The maximum Gasteiger partial charge on any atom is 0.407 e. The summed E-state index contributed by atoms with van der Waals surface area (Å²) < 4.78 is 7.18. The van der Waals surface area contributed by atoms with E-state index in [-0.39, 0.29) is 6.09 Å². The van der Waals surface area contributed by atoms with Crippen LogP contribution in [-0.2, 0) is 11.3 Å². The lowest BCUT2D eigenvalue weighted by Crippen LogP contribution is -2.32. The first-order valence-corrected chi connectivity index (χ1v) is 11.4. The van der Waals surface area contributed by atoms with Crippen LogP contribution in [0.1, 0.15) is 89.2 Å². The number of amides is 2. The van der Waals surface area contributed by atoms with Crippen molar-refractivity contribution in [2.24, 2.45) is 5.73 Å². The van der Waals surface area contributed by atoms with E-state index in [4.69, 9.17) is 10.5 Å². The zero-order valence-corrected chi connectivity index (χ0v) is 20.1. The molecule has 0 saturated heterocycles. The van der Waals surface area contributed by atoms with E-state index in [0.29, 0.717) is 12.1 Å². The Morgan fingerprint density at radius 2 is 1.68 bits per heavy atom. The minimum atomic E-state index is -0.454. The van der Waals surface area contributed by atoms with E-state index in [9.17, 15) is 9.59 Å². The SMILES string of the molecule is CC.Cc1nn(CCCCCCCCNC(=O)OC(C)(C)C)c2cc(C(N)=O)ccc12. The summed E-state index contributed by atoms with van der Waals surface area (Å²) in [5.74, 6) is -0.418. The lowest BCUT2D eigenvalue weighted by Gasteiger charge is -2.19. The van der Waals surface area contributed by atoms with Crippen molar-refractivity contribution in [1.82, 2.24) is 15.1 Å². The zero-order valence-electron chi connectivity index (χ0n) is 20.1. The van der Waals surface area contributed by atoms with Crippen LogP contribution >= 0.6 is 0 Å². The van der Waals surface area contributed by atoms with Gasteiger partial charge in [0.2, 0.25) is 5.91 Å². The third kappa shape index (κ3) is 9.40. The number of carbonyl (C=O) groups excluding carboxylic acids is 2. The average Bonchev–Trinajstić information content (AvgIpc) is 3.02. The number of nitrogens with two attached hydrogens (primary N) is 1. The second kappa shape index (κ2) is 13.0. The fraction of sp³-hybridized carbons (Fsp3) is 0.625. The summed E-state index contributed by atoms with van der Waals surface area (Å²) >= 11 is 0. The van der Waals surface area contributed by atoms with Gasteiger partial charge in [0.15, 0.2) is 0 Å². The molecule has 0 radical (unpaired) electrons. The molecule has 0 aliphatic carbocycles. The van der Waals surface area contributed by atoms with Crippen LogP contribution in [0.4, 0.5) is 4.79 Å². The Balaban J connectivity index is 0.00000233. The summed E-state index contributed by atoms with van der Waals surface area (Å²) in [7, 11) is 0. The van der Waals surface area contributed by atoms with E-state index in [0.717, 1.165) is 61.7 Å². The number of rotatable bonds is 10. The molecule has 0 spiro atoms. The molecule has 3 N–H and O–H groups in total. The lowest BCUT2D eigenvalue weighted by molar-refractivity contribution is 0.0526. The highest BCUT2D eigenvalue weighted by atomic mass is 16.6. The smallest absolute Gasteiger partial charge is 0.407 e. The summed E-state index contributed by atoms with van der Waals surface area (Å²) in [6.07, 6.45) is 6.14. The van der Waals surface area contributed by atoms with Crippen LogP contribution in [0.5, 0.6) is 0 Å². The van der Waals surface area contributed by atoms with Crippen molar-refractivity contribution in [2.75, 3.05) is 6.54 Å². The predicted molar refractivity (Wildman–Crippen MR) is 126 cm³/mol. The fourth-order valence-electron chi connectivity index (χ4n) is 3.26. The van der Waals surface area contributed by atoms with Crippen LogP contribution < -0.4 is 11.1 Å². The molecule has 0 bridgehead atoms. The Morgan fingerprint density at radius 3 is 2.29 bits per heavy atom. The molecule has 0 aliphatic rings. The molecule has 7 heteroatoms. The molecule has 0 atom stereocenters. The monoisotopic (exact) mass is 432 g/mol. The van der Waals surface area contributed by atoms with Gasteiger partial charge < -0.3 is 15.8 Å². The molecule has 0 fully saturated rings. The topological polar surface area (TPSA) is 99.2 Å². The zero-order chi connectivity index (χ0) is 23.4. The minimum Gasteiger partial charge on any atom is -0.444 e. The van der Waals surface area contributed by atoms with Crippen LogP contribution in [0, 0.1) is 6.92 Å². The van der Waals surface area contributed by atoms with Crippen molar-refractivity contribution in [2.45, 2.75) is 92.2 Å². The van der Waals surface area contributed by atoms with E-state index in [1.165, 1.54) is 0 Å². The third-order valence-electron chi connectivity index (χ3n) is 4.69. The third-order valence-corrected chi connectivity index (χ3v) is 4.69. The van der Waals surface area contributed by atoms with Gasteiger partial charge in [-0.15, -0.1) is 0 Å². The van der Waals surface area contributed by atoms with Gasteiger partial charge in [0.05, 0.1) is 11.2 Å². The maximum atomic E-state index is 11.6. The Bertz CT molecular complexity index is 837. The second-order valence-electron chi connectivity index (χ2n) is 8.45. The molecule has 2 amide bonds. The summed E-state index contributed by atoms with van der Waals surface area (Å²) in [4.78, 5) is 23.0. The van der Waals surface area contributed by atoms with Gasteiger partial charge in [0.25, 0.3) is 0 Å². The largest absolute Gasteiger partial charge is 0.444 e. The van der Waals surface area contributed by atoms with Crippen molar-refractivity contribution in [3.8, 4) is 0 Å². The predicted octanol–water partition coefficient (Wildman–Crippen LogP) is 5.34. The first-order chi connectivity index (χ1) is 14.7. The van der Waals surface area contributed by atoms with E-state index in [1.54, 1.807) is 6.07 Å². The normalized spacial score (nSPS) is 11.0. The molecular formula is C24H40N4O3. The number of carbonyl (C=O) groups is 2. The van der Waals surface area contributed by atoms with E-state index in [1.807, 2.05) is 58.4 Å². The van der Waals surface area contributed by atoms with Gasteiger partial charge in [-0.1, -0.05) is 45.6 Å². The van der Waals surface area contributed by atoms with Crippen molar-refractivity contribution in [1.29, 1.82) is 0 Å². The number of alkyl carbamates (subject to hydrolysis) is 1. The molecule has 2 aromatic rings. The highest BCUT2D eigenvalue weighted by Crippen LogP contribution is 2.20.